The lowest BCUT2D eigenvalue weighted by atomic mass is 10.3. The van der Waals surface area contributed by atoms with Crippen molar-refractivity contribution in [1.29, 1.82) is 0 Å². The average Bonchev–Trinajstić information content (AvgIpc) is 3.25. The van der Waals surface area contributed by atoms with E-state index >= 15 is 0 Å². The second kappa shape index (κ2) is 7.93. The fraction of sp³-hybridized carbons (Fsp3) is 0.238. The predicted octanol–water partition coefficient (Wildman–Crippen LogP) is 5.08. The van der Waals surface area contributed by atoms with Crippen molar-refractivity contribution in [3.8, 4) is 5.75 Å². The van der Waals surface area contributed by atoms with E-state index in [1.807, 2.05) is 43.3 Å². The van der Waals surface area contributed by atoms with E-state index in [-0.39, 0.29) is 5.91 Å². The quantitative estimate of drug-likeness (QED) is 0.657. The first kappa shape index (κ1) is 19.0. The molecule has 0 saturated carbocycles. The summed E-state index contributed by atoms with van der Waals surface area (Å²) in [6.45, 7) is 5.48. The standard InChI is InChI=1S/C21H21N3O2S2/c1-4-23-16-8-6-7-9-17(16)27-20(23)18-19(25)24(5-2)21(28-18)22-14-10-12-15(26-3)13-11-14/h6-13H,4-5H2,1-3H3. The van der Waals surface area contributed by atoms with Gasteiger partial charge in [-0.2, -0.15) is 0 Å². The SMILES string of the molecule is CCN1C(=O)C(=C2Sc3ccccc3N2CC)SC1=Nc1ccc(OC)cc1. The van der Waals surface area contributed by atoms with Crippen LogP contribution in [-0.4, -0.2) is 36.2 Å². The molecule has 7 heteroatoms. The fourth-order valence-corrected chi connectivity index (χ4v) is 5.64. The summed E-state index contributed by atoms with van der Waals surface area (Å²) in [5.74, 6) is 0.807. The summed E-state index contributed by atoms with van der Waals surface area (Å²) in [4.78, 5) is 23.8. The van der Waals surface area contributed by atoms with Gasteiger partial charge in [-0.3, -0.25) is 9.69 Å². The van der Waals surface area contributed by atoms with Crippen molar-refractivity contribution in [2.45, 2.75) is 18.7 Å². The first-order valence-corrected chi connectivity index (χ1v) is 10.8. The number of rotatable bonds is 4. The molecule has 28 heavy (non-hydrogen) atoms. The van der Waals surface area contributed by atoms with Gasteiger partial charge in [0.05, 0.1) is 18.5 Å². The summed E-state index contributed by atoms with van der Waals surface area (Å²) < 4.78 is 5.20. The molecule has 0 N–H and O–H groups in total. The van der Waals surface area contributed by atoms with Gasteiger partial charge in [0.25, 0.3) is 5.91 Å². The molecular weight excluding hydrogens is 390 g/mol. The van der Waals surface area contributed by atoms with Crippen LogP contribution in [0.5, 0.6) is 5.75 Å². The van der Waals surface area contributed by atoms with Gasteiger partial charge in [0.15, 0.2) is 5.17 Å². The Bertz CT molecular complexity index is 970. The molecule has 2 aliphatic rings. The number of likely N-dealkylation sites (N-methyl/N-ethyl adjacent to an activating group) is 1. The van der Waals surface area contributed by atoms with Crippen molar-refractivity contribution in [3.05, 3.63) is 58.5 Å². The molecule has 4 rings (SSSR count). The monoisotopic (exact) mass is 411 g/mol. The van der Waals surface area contributed by atoms with E-state index in [0.717, 1.165) is 33.6 Å². The van der Waals surface area contributed by atoms with Gasteiger partial charge in [0.1, 0.15) is 15.7 Å². The lowest BCUT2D eigenvalue weighted by Gasteiger charge is -2.19. The van der Waals surface area contributed by atoms with Crippen LogP contribution >= 0.6 is 23.5 Å². The number of ether oxygens (including phenoxy) is 1. The van der Waals surface area contributed by atoms with E-state index < -0.39 is 0 Å². The summed E-state index contributed by atoms with van der Waals surface area (Å²) in [6.07, 6.45) is 0. The van der Waals surface area contributed by atoms with E-state index in [2.05, 4.69) is 24.0 Å². The maximum Gasteiger partial charge on any atom is 0.269 e. The van der Waals surface area contributed by atoms with Gasteiger partial charge < -0.3 is 9.64 Å². The number of hydrogen-bond donors (Lipinski definition) is 0. The fourth-order valence-electron chi connectivity index (χ4n) is 3.18. The molecule has 2 aromatic rings. The summed E-state index contributed by atoms with van der Waals surface area (Å²) in [6, 6.07) is 15.8. The van der Waals surface area contributed by atoms with Crippen LogP contribution in [0.1, 0.15) is 13.8 Å². The number of fused-ring (bicyclic) bond motifs is 1. The molecule has 2 aliphatic heterocycles. The minimum atomic E-state index is 0.0218. The number of para-hydroxylation sites is 1. The van der Waals surface area contributed by atoms with Crippen LogP contribution in [0.15, 0.2) is 68.4 Å². The lowest BCUT2D eigenvalue weighted by molar-refractivity contribution is -0.122. The van der Waals surface area contributed by atoms with Gasteiger partial charge in [-0.25, -0.2) is 4.99 Å². The molecule has 0 radical (unpaired) electrons. The van der Waals surface area contributed by atoms with Crippen molar-refractivity contribution in [2.24, 2.45) is 4.99 Å². The molecule has 1 fully saturated rings. The highest BCUT2D eigenvalue weighted by atomic mass is 32.2. The molecule has 2 heterocycles. The molecule has 1 saturated heterocycles. The van der Waals surface area contributed by atoms with E-state index in [9.17, 15) is 4.79 Å². The summed E-state index contributed by atoms with van der Waals surface area (Å²) >= 11 is 3.12. The minimum absolute atomic E-state index is 0.0218. The van der Waals surface area contributed by atoms with E-state index in [1.165, 1.54) is 16.7 Å². The summed E-state index contributed by atoms with van der Waals surface area (Å²) in [7, 11) is 1.64. The average molecular weight is 412 g/mol. The Labute approximate surface area is 173 Å². The van der Waals surface area contributed by atoms with Crippen LogP contribution in [0.2, 0.25) is 0 Å². The van der Waals surface area contributed by atoms with Crippen molar-refractivity contribution in [1.82, 2.24) is 4.90 Å². The van der Waals surface area contributed by atoms with E-state index in [0.29, 0.717) is 11.7 Å². The summed E-state index contributed by atoms with van der Waals surface area (Å²) in [5, 5.41) is 1.71. The Morgan fingerprint density at radius 3 is 2.36 bits per heavy atom. The highest BCUT2D eigenvalue weighted by Gasteiger charge is 2.38. The van der Waals surface area contributed by atoms with E-state index in [4.69, 9.17) is 9.73 Å². The normalized spacial score (nSPS) is 20.2. The number of methoxy groups -OCH3 is 1. The Morgan fingerprint density at radius 1 is 0.964 bits per heavy atom. The number of benzene rings is 2. The number of amidine groups is 1. The molecule has 0 spiro atoms. The molecule has 144 valence electrons. The Hall–Kier alpha value is -2.38. The van der Waals surface area contributed by atoms with Gasteiger partial charge in [-0.05, 0) is 62.0 Å². The molecule has 0 bridgehead atoms. The van der Waals surface area contributed by atoms with Crippen LogP contribution in [-0.2, 0) is 4.79 Å². The third kappa shape index (κ3) is 3.29. The second-order valence-corrected chi connectivity index (χ2v) is 8.20. The molecule has 5 nitrogen and oxygen atoms in total. The maximum atomic E-state index is 13.1. The van der Waals surface area contributed by atoms with Gasteiger partial charge in [0.2, 0.25) is 0 Å². The van der Waals surface area contributed by atoms with Gasteiger partial charge in [-0.15, -0.1) is 0 Å². The van der Waals surface area contributed by atoms with Gasteiger partial charge >= 0.3 is 0 Å². The second-order valence-electron chi connectivity index (χ2n) is 6.19. The smallest absolute Gasteiger partial charge is 0.269 e. The zero-order chi connectivity index (χ0) is 19.7. The zero-order valence-electron chi connectivity index (χ0n) is 16.0. The topological polar surface area (TPSA) is 45.1 Å². The van der Waals surface area contributed by atoms with Crippen LogP contribution in [0.4, 0.5) is 11.4 Å². The molecule has 0 aromatic heterocycles. The van der Waals surface area contributed by atoms with Crippen LogP contribution in [0.3, 0.4) is 0 Å². The molecule has 2 aromatic carbocycles. The van der Waals surface area contributed by atoms with Crippen molar-refractivity contribution in [2.75, 3.05) is 25.1 Å². The summed E-state index contributed by atoms with van der Waals surface area (Å²) in [5.41, 5.74) is 1.96. The Kier molecular flexibility index (Phi) is 5.37. The van der Waals surface area contributed by atoms with Crippen LogP contribution in [0, 0.1) is 0 Å². The number of carbonyl (C=O) groups is 1. The Morgan fingerprint density at radius 2 is 1.68 bits per heavy atom. The molecular formula is C21H21N3O2S2. The Balaban J connectivity index is 1.71. The number of aliphatic imine (C=N–C) groups is 1. The predicted molar refractivity (Wildman–Crippen MR) is 117 cm³/mol. The lowest BCUT2D eigenvalue weighted by Crippen LogP contribution is -2.29. The number of nitrogens with zero attached hydrogens (tertiary/aromatic N) is 3. The number of carbonyl (C=O) groups excluding carboxylic acids is 1. The highest BCUT2D eigenvalue weighted by Crippen LogP contribution is 2.50. The molecule has 1 amide bonds. The van der Waals surface area contributed by atoms with E-state index in [1.54, 1.807) is 23.8 Å². The number of amides is 1. The third-order valence-corrected chi connectivity index (χ3v) is 6.97. The van der Waals surface area contributed by atoms with Gasteiger partial charge in [0, 0.05) is 18.0 Å². The molecule has 0 unspecified atom stereocenters. The number of anilines is 1. The largest absolute Gasteiger partial charge is 0.497 e. The van der Waals surface area contributed by atoms with Crippen molar-refractivity contribution in [3.63, 3.8) is 0 Å². The third-order valence-electron chi connectivity index (χ3n) is 4.60. The van der Waals surface area contributed by atoms with Crippen LogP contribution in [0.25, 0.3) is 0 Å². The maximum absolute atomic E-state index is 13.1. The van der Waals surface area contributed by atoms with Gasteiger partial charge in [-0.1, -0.05) is 23.9 Å². The molecule has 0 aliphatic carbocycles. The first-order chi connectivity index (χ1) is 13.7. The molecule has 0 atom stereocenters. The number of thioether (sulfide) groups is 2. The first-order valence-electron chi connectivity index (χ1n) is 9.17. The van der Waals surface area contributed by atoms with Crippen molar-refractivity contribution >= 4 is 46.0 Å². The number of hydrogen-bond acceptors (Lipinski definition) is 6. The van der Waals surface area contributed by atoms with Crippen LogP contribution < -0.4 is 9.64 Å². The minimum Gasteiger partial charge on any atom is -0.497 e. The van der Waals surface area contributed by atoms with Crippen molar-refractivity contribution < 1.29 is 9.53 Å². The zero-order valence-corrected chi connectivity index (χ0v) is 17.6. The highest BCUT2D eigenvalue weighted by molar-refractivity contribution is 8.19.